The predicted octanol–water partition coefficient (Wildman–Crippen LogP) is 3.73. The molecule has 0 aliphatic carbocycles. The standard InChI is InChI=1S/C15H15BrFN3O2/c16-11-6-4-5-10(13(11)17)15(21)20-8-3-1-2-7-12(20)14-18-9-22-19-14/h4-6,9,12H,1-3,7-8H2. The Morgan fingerprint density at radius 2 is 2.23 bits per heavy atom. The van der Waals surface area contributed by atoms with E-state index in [2.05, 4.69) is 26.1 Å². The Bertz CT molecular complexity index is 663. The van der Waals surface area contributed by atoms with Gasteiger partial charge in [-0.2, -0.15) is 4.98 Å². The van der Waals surface area contributed by atoms with Crippen LogP contribution >= 0.6 is 15.9 Å². The van der Waals surface area contributed by atoms with Crippen molar-refractivity contribution in [2.45, 2.75) is 31.7 Å². The van der Waals surface area contributed by atoms with Gasteiger partial charge in [0.15, 0.2) is 5.82 Å². The van der Waals surface area contributed by atoms with Gasteiger partial charge in [-0.15, -0.1) is 0 Å². The van der Waals surface area contributed by atoms with Crippen LogP contribution < -0.4 is 0 Å². The quantitative estimate of drug-likeness (QED) is 0.811. The van der Waals surface area contributed by atoms with Crippen molar-refractivity contribution in [1.82, 2.24) is 15.0 Å². The SMILES string of the molecule is O=C(c1cccc(Br)c1F)N1CCCCCC1c1ncon1. The Balaban J connectivity index is 1.95. The number of likely N-dealkylation sites (tertiary alicyclic amines) is 1. The molecular weight excluding hydrogens is 353 g/mol. The first-order chi connectivity index (χ1) is 10.7. The number of carbonyl (C=O) groups excluding carboxylic acids is 1. The minimum absolute atomic E-state index is 0.0600. The van der Waals surface area contributed by atoms with Crippen LogP contribution in [0.1, 0.15) is 47.9 Å². The van der Waals surface area contributed by atoms with Gasteiger partial charge in [0.2, 0.25) is 6.39 Å². The number of rotatable bonds is 2. The number of carbonyl (C=O) groups is 1. The molecule has 1 aliphatic heterocycles. The highest BCUT2D eigenvalue weighted by Gasteiger charge is 2.31. The maximum Gasteiger partial charge on any atom is 0.257 e. The highest BCUT2D eigenvalue weighted by molar-refractivity contribution is 9.10. The number of hydrogen-bond donors (Lipinski definition) is 0. The van der Waals surface area contributed by atoms with Crippen LogP contribution in [0, 0.1) is 5.82 Å². The molecular formula is C15H15BrFN3O2. The van der Waals surface area contributed by atoms with Crippen LogP contribution in [-0.2, 0) is 0 Å². The number of halogens is 2. The van der Waals surface area contributed by atoms with E-state index >= 15 is 0 Å². The molecule has 5 nitrogen and oxygen atoms in total. The third-order valence-corrected chi connectivity index (χ3v) is 4.48. The van der Waals surface area contributed by atoms with Crippen LogP contribution in [0.3, 0.4) is 0 Å². The van der Waals surface area contributed by atoms with Crippen molar-refractivity contribution in [2.75, 3.05) is 6.54 Å². The molecule has 2 heterocycles. The first-order valence-electron chi connectivity index (χ1n) is 7.19. The van der Waals surface area contributed by atoms with Gasteiger partial charge in [0, 0.05) is 6.54 Å². The second-order valence-corrected chi connectivity index (χ2v) is 6.11. The maximum absolute atomic E-state index is 14.2. The lowest BCUT2D eigenvalue weighted by atomic mass is 10.1. The van der Waals surface area contributed by atoms with E-state index in [1.165, 1.54) is 12.5 Å². The first-order valence-corrected chi connectivity index (χ1v) is 7.99. The molecule has 1 saturated heterocycles. The van der Waals surface area contributed by atoms with E-state index < -0.39 is 5.82 Å². The summed E-state index contributed by atoms with van der Waals surface area (Å²) in [6.07, 6.45) is 4.89. The topological polar surface area (TPSA) is 59.2 Å². The van der Waals surface area contributed by atoms with E-state index in [9.17, 15) is 9.18 Å². The molecule has 2 aromatic rings. The van der Waals surface area contributed by atoms with Gasteiger partial charge in [0.25, 0.3) is 5.91 Å². The molecule has 1 unspecified atom stereocenters. The third kappa shape index (κ3) is 2.90. The highest BCUT2D eigenvalue weighted by atomic mass is 79.9. The minimum atomic E-state index is -0.538. The monoisotopic (exact) mass is 367 g/mol. The summed E-state index contributed by atoms with van der Waals surface area (Å²) in [6, 6.07) is 4.46. The van der Waals surface area contributed by atoms with Crippen LogP contribution in [0.2, 0.25) is 0 Å². The van der Waals surface area contributed by atoms with E-state index in [1.807, 2.05) is 0 Å². The zero-order chi connectivity index (χ0) is 15.5. The zero-order valence-corrected chi connectivity index (χ0v) is 13.4. The Kier molecular flexibility index (Phi) is 4.52. The number of hydrogen-bond acceptors (Lipinski definition) is 4. The van der Waals surface area contributed by atoms with Gasteiger partial charge in [-0.25, -0.2) is 4.39 Å². The van der Waals surface area contributed by atoms with E-state index in [0.717, 1.165) is 25.7 Å². The summed E-state index contributed by atoms with van der Waals surface area (Å²) in [4.78, 5) is 18.5. The molecule has 1 amide bonds. The lowest BCUT2D eigenvalue weighted by Crippen LogP contribution is -2.35. The van der Waals surface area contributed by atoms with Crippen molar-refractivity contribution in [2.24, 2.45) is 0 Å². The van der Waals surface area contributed by atoms with Gasteiger partial charge in [0.1, 0.15) is 5.82 Å². The number of amides is 1. The van der Waals surface area contributed by atoms with Crippen molar-refractivity contribution in [1.29, 1.82) is 0 Å². The zero-order valence-electron chi connectivity index (χ0n) is 11.8. The summed E-state index contributed by atoms with van der Waals surface area (Å²) in [5.74, 6) is -0.398. The van der Waals surface area contributed by atoms with Gasteiger partial charge in [0.05, 0.1) is 16.1 Å². The lowest BCUT2D eigenvalue weighted by Gasteiger charge is -2.28. The summed E-state index contributed by atoms with van der Waals surface area (Å²) < 4.78 is 19.3. The fourth-order valence-corrected chi connectivity index (χ4v) is 3.14. The Labute approximate surface area is 135 Å². The van der Waals surface area contributed by atoms with E-state index in [0.29, 0.717) is 12.4 Å². The smallest absolute Gasteiger partial charge is 0.257 e. The van der Waals surface area contributed by atoms with Crippen molar-refractivity contribution < 1.29 is 13.7 Å². The number of aromatic nitrogens is 2. The Morgan fingerprint density at radius 1 is 1.36 bits per heavy atom. The third-order valence-electron chi connectivity index (χ3n) is 3.87. The van der Waals surface area contributed by atoms with Crippen molar-refractivity contribution in [3.8, 4) is 0 Å². The average molecular weight is 368 g/mol. The second kappa shape index (κ2) is 6.56. The lowest BCUT2D eigenvalue weighted by molar-refractivity contribution is 0.0665. The normalized spacial score (nSPS) is 19.0. The summed E-state index contributed by atoms with van der Waals surface area (Å²) in [5.41, 5.74) is 0.0600. The van der Waals surface area contributed by atoms with Gasteiger partial charge < -0.3 is 9.42 Å². The van der Waals surface area contributed by atoms with E-state index in [4.69, 9.17) is 4.52 Å². The van der Waals surface area contributed by atoms with Crippen molar-refractivity contribution in [3.05, 3.63) is 46.3 Å². The van der Waals surface area contributed by atoms with Crippen LogP contribution in [0.5, 0.6) is 0 Å². The largest absolute Gasteiger partial charge is 0.343 e. The maximum atomic E-state index is 14.2. The van der Waals surface area contributed by atoms with Gasteiger partial charge in [-0.05, 0) is 40.9 Å². The molecule has 0 bridgehead atoms. The molecule has 0 saturated carbocycles. The summed E-state index contributed by atoms with van der Waals surface area (Å²) in [5, 5.41) is 3.86. The molecule has 3 rings (SSSR count). The summed E-state index contributed by atoms with van der Waals surface area (Å²) >= 11 is 3.12. The summed E-state index contributed by atoms with van der Waals surface area (Å²) in [7, 11) is 0. The molecule has 22 heavy (non-hydrogen) atoms. The minimum Gasteiger partial charge on any atom is -0.343 e. The Morgan fingerprint density at radius 3 is 3.00 bits per heavy atom. The molecule has 116 valence electrons. The molecule has 1 aromatic heterocycles. The highest BCUT2D eigenvalue weighted by Crippen LogP contribution is 2.30. The second-order valence-electron chi connectivity index (χ2n) is 5.25. The molecule has 1 aliphatic rings. The van der Waals surface area contributed by atoms with Gasteiger partial charge in [-0.3, -0.25) is 4.79 Å². The molecule has 7 heteroatoms. The van der Waals surface area contributed by atoms with E-state index in [-0.39, 0.29) is 22.0 Å². The fraction of sp³-hybridized carbons (Fsp3) is 0.400. The fourth-order valence-electron chi connectivity index (χ4n) is 2.77. The van der Waals surface area contributed by atoms with Crippen LogP contribution in [0.15, 0.2) is 33.6 Å². The van der Waals surface area contributed by atoms with Crippen molar-refractivity contribution >= 4 is 21.8 Å². The van der Waals surface area contributed by atoms with Crippen LogP contribution in [-0.4, -0.2) is 27.5 Å². The van der Waals surface area contributed by atoms with E-state index in [1.54, 1.807) is 17.0 Å². The van der Waals surface area contributed by atoms with Gasteiger partial charge in [-0.1, -0.05) is 24.1 Å². The molecule has 1 aromatic carbocycles. The van der Waals surface area contributed by atoms with Crippen LogP contribution in [0.25, 0.3) is 0 Å². The molecule has 0 spiro atoms. The van der Waals surface area contributed by atoms with Crippen molar-refractivity contribution in [3.63, 3.8) is 0 Å². The average Bonchev–Trinajstić information content (AvgIpc) is 2.94. The summed E-state index contributed by atoms with van der Waals surface area (Å²) in [6.45, 7) is 0.560. The van der Waals surface area contributed by atoms with Crippen LogP contribution in [0.4, 0.5) is 4.39 Å². The molecule has 0 radical (unpaired) electrons. The molecule has 1 fully saturated rings. The molecule has 0 N–H and O–H groups in total. The Hall–Kier alpha value is -1.76. The predicted molar refractivity (Wildman–Crippen MR) is 80.6 cm³/mol. The number of benzene rings is 1. The van der Waals surface area contributed by atoms with Gasteiger partial charge >= 0.3 is 0 Å². The molecule has 1 atom stereocenters. The first kappa shape index (κ1) is 15.1. The number of nitrogens with zero attached hydrogens (tertiary/aromatic N) is 3.